The van der Waals surface area contributed by atoms with E-state index in [-0.39, 0.29) is 30.3 Å². The van der Waals surface area contributed by atoms with Gasteiger partial charge in [-0.2, -0.15) is 4.31 Å². The fraction of sp³-hybridized carbons (Fsp3) is 0.467. The summed E-state index contributed by atoms with van der Waals surface area (Å²) in [6.45, 7) is -0.0975. The number of ether oxygens (including phenoxy) is 3. The number of sulfonamides is 1. The van der Waals surface area contributed by atoms with E-state index in [0.29, 0.717) is 12.2 Å². The van der Waals surface area contributed by atoms with Crippen LogP contribution in [0.15, 0.2) is 23.1 Å². The van der Waals surface area contributed by atoms with Crippen LogP contribution in [0.4, 0.5) is 4.79 Å². The first-order valence-corrected chi connectivity index (χ1v) is 9.03. The van der Waals surface area contributed by atoms with Crippen molar-refractivity contribution in [3.63, 3.8) is 0 Å². The second kappa shape index (κ2) is 6.52. The lowest BCUT2D eigenvalue weighted by atomic mass is 10.2. The topological polar surface area (TPSA) is 102 Å². The van der Waals surface area contributed by atoms with Gasteiger partial charge in [0.25, 0.3) is 5.91 Å². The number of nitrogens with zero attached hydrogens (tertiary/aromatic N) is 2. The van der Waals surface area contributed by atoms with Gasteiger partial charge >= 0.3 is 6.09 Å². The summed E-state index contributed by atoms with van der Waals surface area (Å²) in [5.41, 5.74) is 0. The maximum absolute atomic E-state index is 13.0. The van der Waals surface area contributed by atoms with Crippen molar-refractivity contribution in [1.82, 2.24) is 9.21 Å². The third-order valence-corrected chi connectivity index (χ3v) is 6.15. The van der Waals surface area contributed by atoms with E-state index in [9.17, 15) is 18.0 Å². The Bertz CT molecular complexity index is 792. The molecule has 10 heteroatoms. The first kappa shape index (κ1) is 17.5. The van der Waals surface area contributed by atoms with Crippen LogP contribution >= 0.6 is 0 Å². The first-order valence-electron chi connectivity index (χ1n) is 7.59. The zero-order valence-electron chi connectivity index (χ0n) is 13.8. The van der Waals surface area contributed by atoms with Gasteiger partial charge < -0.3 is 14.2 Å². The normalized spacial score (nSPS) is 21.5. The summed E-state index contributed by atoms with van der Waals surface area (Å²) in [6, 6.07) is 3.97. The summed E-state index contributed by atoms with van der Waals surface area (Å²) in [5, 5.41) is 0. The van der Waals surface area contributed by atoms with Crippen molar-refractivity contribution < 1.29 is 32.2 Å². The summed E-state index contributed by atoms with van der Waals surface area (Å²) in [7, 11) is -1.05. The van der Waals surface area contributed by atoms with E-state index in [2.05, 4.69) is 0 Å². The van der Waals surface area contributed by atoms with Gasteiger partial charge in [-0.3, -0.25) is 4.79 Å². The molecule has 3 rings (SSSR count). The Hall–Kier alpha value is -2.33. The van der Waals surface area contributed by atoms with Crippen LogP contribution in [0.1, 0.15) is 6.42 Å². The number of rotatable bonds is 5. The van der Waals surface area contributed by atoms with Crippen LogP contribution in [0.2, 0.25) is 0 Å². The zero-order chi connectivity index (χ0) is 18.2. The molecule has 2 amide bonds. The van der Waals surface area contributed by atoms with Gasteiger partial charge in [-0.15, -0.1) is 0 Å². The van der Waals surface area contributed by atoms with Crippen molar-refractivity contribution in [3.05, 3.63) is 18.2 Å². The SMILES string of the molecule is COc1ccc(OC)c(S(=O)(=O)N2CCC(N3C(=O)COC3=O)C2)c1. The van der Waals surface area contributed by atoms with E-state index in [0.717, 1.165) is 4.90 Å². The van der Waals surface area contributed by atoms with Crippen LogP contribution in [0.5, 0.6) is 11.5 Å². The van der Waals surface area contributed by atoms with Crippen molar-refractivity contribution in [2.24, 2.45) is 0 Å². The predicted molar refractivity (Wildman–Crippen MR) is 84.9 cm³/mol. The van der Waals surface area contributed by atoms with Crippen molar-refractivity contribution in [3.8, 4) is 11.5 Å². The average Bonchev–Trinajstić information content (AvgIpc) is 3.21. The quantitative estimate of drug-likeness (QED) is 0.741. The molecule has 0 aliphatic carbocycles. The summed E-state index contributed by atoms with van der Waals surface area (Å²) in [4.78, 5) is 24.4. The number of carbonyl (C=O) groups excluding carboxylic acids is 2. The van der Waals surface area contributed by atoms with Crippen LogP contribution in [0, 0.1) is 0 Å². The van der Waals surface area contributed by atoms with Gasteiger partial charge in [0, 0.05) is 19.2 Å². The number of carbonyl (C=O) groups is 2. The number of imide groups is 1. The molecule has 0 aromatic heterocycles. The van der Waals surface area contributed by atoms with Crippen molar-refractivity contribution >= 4 is 22.0 Å². The molecule has 2 aliphatic rings. The van der Waals surface area contributed by atoms with Crippen molar-refractivity contribution in [2.75, 3.05) is 33.9 Å². The third-order valence-electron chi connectivity index (χ3n) is 4.26. The Kier molecular flexibility index (Phi) is 4.56. The molecule has 136 valence electrons. The molecule has 0 N–H and O–H groups in total. The Balaban J connectivity index is 1.87. The number of benzene rings is 1. The highest BCUT2D eigenvalue weighted by Gasteiger charge is 2.43. The summed E-state index contributed by atoms with van der Waals surface area (Å²) in [5.74, 6) is 0.127. The minimum absolute atomic E-state index is 0.0174. The average molecular weight is 370 g/mol. The minimum Gasteiger partial charge on any atom is -0.497 e. The molecule has 0 saturated carbocycles. The van der Waals surface area contributed by atoms with Gasteiger partial charge in [-0.25, -0.2) is 18.1 Å². The van der Waals surface area contributed by atoms with Gasteiger partial charge in [0.15, 0.2) is 6.61 Å². The Morgan fingerprint density at radius 2 is 1.96 bits per heavy atom. The molecule has 25 heavy (non-hydrogen) atoms. The van der Waals surface area contributed by atoms with Crippen molar-refractivity contribution in [1.29, 1.82) is 0 Å². The Morgan fingerprint density at radius 3 is 2.56 bits per heavy atom. The molecule has 0 spiro atoms. The first-order chi connectivity index (χ1) is 11.9. The molecule has 0 bridgehead atoms. The second-order valence-electron chi connectivity index (χ2n) is 5.64. The maximum atomic E-state index is 13.0. The summed E-state index contributed by atoms with van der Waals surface area (Å²) >= 11 is 0. The summed E-state index contributed by atoms with van der Waals surface area (Å²) in [6.07, 6.45) is -0.375. The molecule has 2 heterocycles. The van der Waals surface area contributed by atoms with Crippen LogP contribution in [0.3, 0.4) is 0 Å². The van der Waals surface area contributed by atoms with Crippen LogP contribution in [-0.4, -0.2) is 69.6 Å². The van der Waals surface area contributed by atoms with Crippen LogP contribution < -0.4 is 9.47 Å². The van der Waals surface area contributed by atoms with Gasteiger partial charge in [-0.05, 0) is 18.6 Å². The molecule has 9 nitrogen and oxygen atoms in total. The standard InChI is InChI=1S/C15H18N2O7S/c1-22-11-3-4-12(23-2)13(7-11)25(20,21)16-6-5-10(8-16)17-14(18)9-24-15(17)19/h3-4,7,10H,5-6,8-9H2,1-2H3. The predicted octanol–water partition coefficient (Wildman–Crippen LogP) is 0.446. The highest BCUT2D eigenvalue weighted by atomic mass is 32.2. The Labute approximate surface area is 145 Å². The zero-order valence-corrected chi connectivity index (χ0v) is 14.6. The highest BCUT2D eigenvalue weighted by Crippen LogP contribution is 2.33. The fourth-order valence-electron chi connectivity index (χ4n) is 2.98. The van der Waals surface area contributed by atoms with Crippen molar-refractivity contribution in [2.45, 2.75) is 17.4 Å². The molecule has 2 fully saturated rings. The molecule has 1 aromatic carbocycles. The van der Waals surface area contributed by atoms with E-state index < -0.39 is 28.1 Å². The lowest BCUT2D eigenvalue weighted by molar-refractivity contribution is -0.127. The lowest BCUT2D eigenvalue weighted by Crippen LogP contribution is -2.42. The molecular weight excluding hydrogens is 352 g/mol. The molecule has 1 unspecified atom stereocenters. The molecule has 2 saturated heterocycles. The van der Waals surface area contributed by atoms with E-state index in [1.807, 2.05) is 0 Å². The lowest BCUT2D eigenvalue weighted by Gasteiger charge is -2.21. The molecule has 2 aliphatic heterocycles. The van der Waals surface area contributed by atoms with Gasteiger partial charge in [-0.1, -0.05) is 0 Å². The second-order valence-corrected chi connectivity index (χ2v) is 7.55. The number of methoxy groups -OCH3 is 2. The minimum atomic E-state index is -3.87. The molecule has 1 atom stereocenters. The monoisotopic (exact) mass is 370 g/mol. The number of amides is 2. The van der Waals surface area contributed by atoms with Crippen LogP contribution in [-0.2, 0) is 19.6 Å². The van der Waals surface area contributed by atoms with Gasteiger partial charge in [0.05, 0.1) is 20.3 Å². The highest BCUT2D eigenvalue weighted by molar-refractivity contribution is 7.89. The third kappa shape index (κ3) is 3.02. The number of hydrogen-bond donors (Lipinski definition) is 0. The maximum Gasteiger partial charge on any atom is 0.417 e. The number of cyclic esters (lactones) is 1. The van der Waals surface area contributed by atoms with E-state index in [1.54, 1.807) is 6.07 Å². The van der Waals surface area contributed by atoms with Crippen LogP contribution in [0.25, 0.3) is 0 Å². The number of hydrogen-bond acceptors (Lipinski definition) is 7. The smallest absolute Gasteiger partial charge is 0.417 e. The Morgan fingerprint density at radius 1 is 1.20 bits per heavy atom. The fourth-order valence-corrected chi connectivity index (χ4v) is 4.64. The largest absolute Gasteiger partial charge is 0.497 e. The van der Waals surface area contributed by atoms with E-state index in [4.69, 9.17) is 14.2 Å². The molecular formula is C15H18N2O7S. The van der Waals surface area contributed by atoms with Gasteiger partial charge in [0.2, 0.25) is 10.0 Å². The van der Waals surface area contributed by atoms with E-state index >= 15 is 0 Å². The van der Waals surface area contributed by atoms with E-state index in [1.165, 1.54) is 30.7 Å². The van der Waals surface area contributed by atoms with Gasteiger partial charge in [0.1, 0.15) is 16.4 Å². The molecule has 0 radical (unpaired) electrons. The summed E-state index contributed by atoms with van der Waals surface area (Å²) < 4.78 is 42.1. The molecule has 1 aromatic rings.